The molecule has 0 aliphatic rings. The second-order valence-electron chi connectivity index (χ2n) is 10.2. The van der Waals surface area contributed by atoms with E-state index in [0.717, 1.165) is 5.56 Å². The maximum absolute atomic E-state index is 7.99. The van der Waals surface area contributed by atoms with Gasteiger partial charge in [0, 0.05) is 36.2 Å². The molecule has 6 aromatic rings. The van der Waals surface area contributed by atoms with Crippen molar-refractivity contribution >= 4 is 49.0 Å². The van der Waals surface area contributed by atoms with Crippen LogP contribution in [0.3, 0.4) is 0 Å². The Kier molecular flexibility index (Phi) is 3.78. The van der Waals surface area contributed by atoms with E-state index < -0.39 is 5.54 Å². The average Bonchev–Trinajstić information content (AvgIpc) is 3.13. The van der Waals surface area contributed by atoms with Crippen LogP contribution in [0.25, 0.3) is 53.8 Å². The first-order chi connectivity index (χ1) is 15.7. The van der Waals surface area contributed by atoms with E-state index >= 15 is 0 Å². The molecule has 3 nitrogen and oxygen atoms in total. The summed E-state index contributed by atoms with van der Waals surface area (Å²) < 4.78 is 4.79. The van der Waals surface area contributed by atoms with E-state index in [0.29, 0.717) is 0 Å². The molecule has 0 bridgehead atoms. The van der Waals surface area contributed by atoms with Crippen molar-refractivity contribution in [1.82, 2.24) is 4.40 Å². The molecule has 0 fully saturated rings. The zero-order valence-electron chi connectivity index (χ0n) is 20.4. The smallest absolute Gasteiger partial charge is 0.252 e. The summed E-state index contributed by atoms with van der Waals surface area (Å²) >= 11 is 0. The fourth-order valence-corrected chi connectivity index (χ4v) is 6.00. The van der Waals surface area contributed by atoms with Crippen molar-refractivity contribution in [3.8, 4) is 0 Å². The number of para-hydroxylation sites is 1. The molecule has 3 heterocycles. The molecule has 3 aromatic heterocycles. The van der Waals surface area contributed by atoms with Crippen LogP contribution in [0, 0.1) is 34.3 Å². The Labute approximate surface area is 194 Å². The standard InChI is InChI=1S/C30H28N3/c1-16-10-9-11-21-25-22(30(5,6)31-7)15-20-12-13-32(8)28-23-19(4)17(2)14-18(3)27(23)33(26(16)21)29(25)24(20)28/h9-15H,1-6,8H3/q+1. The Hall–Kier alpha value is -3.64. The van der Waals surface area contributed by atoms with Crippen LogP contribution in [-0.2, 0) is 12.6 Å². The van der Waals surface area contributed by atoms with E-state index in [4.69, 9.17) is 6.57 Å². The van der Waals surface area contributed by atoms with Gasteiger partial charge in [-0.1, -0.05) is 24.3 Å². The van der Waals surface area contributed by atoms with Crippen molar-refractivity contribution in [2.75, 3.05) is 0 Å². The number of hydrogen-bond acceptors (Lipinski definition) is 0. The van der Waals surface area contributed by atoms with Gasteiger partial charge in [-0.2, -0.15) is 0 Å². The van der Waals surface area contributed by atoms with E-state index in [1.165, 1.54) is 71.3 Å². The lowest BCUT2D eigenvalue weighted by molar-refractivity contribution is -0.643. The lowest BCUT2D eigenvalue weighted by atomic mass is 9.87. The quantitative estimate of drug-likeness (QED) is 0.113. The molecular weight excluding hydrogens is 402 g/mol. The first-order valence-corrected chi connectivity index (χ1v) is 11.6. The molecule has 0 saturated carbocycles. The van der Waals surface area contributed by atoms with Gasteiger partial charge in [0.1, 0.15) is 7.05 Å². The predicted octanol–water partition coefficient (Wildman–Crippen LogP) is 7.20. The predicted molar refractivity (Wildman–Crippen MR) is 138 cm³/mol. The topological polar surface area (TPSA) is 12.7 Å². The number of aromatic nitrogens is 2. The number of pyridine rings is 2. The Morgan fingerprint density at radius 1 is 0.848 bits per heavy atom. The molecule has 0 atom stereocenters. The largest absolute Gasteiger partial charge is 0.307 e. The van der Waals surface area contributed by atoms with Gasteiger partial charge >= 0.3 is 0 Å². The molecule has 6 rings (SSSR count). The van der Waals surface area contributed by atoms with Crippen molar-refractivity contribution in [2.24, 2.45) is 7.05 Å². The Morgan fingerprint density at radius 2 is 1.61 bits per heavy atom. The molecule has 3 heteroatoms. The molecule has 0 N–H and O–H groups in total. The van der Waals surface area contributed by atoms with E-state index in [1.54, 1.807) is 0 Å². The first-order valence-electron chi connectivity index (χ1n) is 11.6. The second kappa shape index (κ2) is 6.23. The van der Waals surface area contributed by atoms with Crippen molar-refractivity contribution in [1.29, 1.82) is 0 Å². The molecule has 0 amide bonds. The van der Waals surface area contributed by atoms with Crippen LogP contribution in [0.1, 0.15) is 41.7 Å². The highest BCUT2D eigenvalue weighted by Crippen LogP contribution is 2.46. The maximum atomic E-state index is 7.99. The third kappa shape index (κ3) is 2.31. The summed E-state index contributed by atoms with van der Waals surface area (Å²) in [5.41, 5.74) is 10.7. The summed E-state index contributed by atoms with van der Waals surface area (Å²) in [4.78, 5) is 4.07. The SMILES string of the molecule is [C-]#[N+]C(C)(C)c1cc2cc[n+](C)c3c4c(C)c(C)cc(C)c4n4c5c(C)cccc5c1c4c23. The lowest BCUT2D eigenvalue weighted by Gasteiger charge is -2.19. The first kappa shape index (κ1) is 20.0. The van der Waals surface area contributed by atoms with Crippen LogP contribution in [0.5, 0.6) is 0 Å². The normalized spacial score (nSPS) is 12.7. The van der Waals surface area contributed by atoms with E-state index in [1.807, 2.05) is 13.8 Å². The van der Waals surface area contributed by atoms with Crippen LogP contribution in [0.4, 0.5) is 0 Å². The van der Waals surface area contributed by atoms with Crippen LogP contribution < -0.4 is 4.57 Å². The molecule has 33 heavy (non-hydrogen) atoms. The van der Waals surface area contributed by atoms with Gasteiger partial charge in [-0.3, -0.25) is 0 Å². The van der Waals surface area contributed by atoms with Gasteiger partial charge in [-0.15, -0.1) is 0 Å². The fourth-order valence-electron chi connectivity index (χ4n) is 6.00. The maximum Gasteiger partial charge on any atom is 0.252 e. The molecule has 162 valence electrons. The van der Waals surface area contributed by atoms with Gasteiger partial charge in [0.2, 0.25) is 5.52 Å². The summed E-state index contributed by atoms with van der Waals surface area (Å²) in [6.45, 7) is 21.0. The summed E-state index contributed by atoms with van der Waals surface area (Å²) in [5.74, 6) is 0. The van der Waals surface area contributed by atoms with Crippen molar-refractivity contribution < 1.29 is 4.57 Å². The zero-order valence-corrected chi connectivity index (χ0v) is 20.4. The number of benzene rings is 3. The molecule has 0 aliphatic carbocycles. The van der Waals surface area contributed by atoms with Gasteiger partial charge in [0.25, 0.3) is 5.54 Å². The number of fused-ring (bicyclic) bond motifs is 6. The lowest BCUT2D eigenvalue weighted by Crippen LogP contribution is -2.29. The van der Waals surface area contributed by atoms with E-state index in [2.05, 4.69) is 91.2 Å². The van der Waals surface area contributed by atoms with Crippen molar-refractivity contribution in [3.05, 3.63) is 81.8 Å². The Morgan fingerprint density at radius 3 is 2.33 bits per heavy atom. The van der Waals surface area contributed by atoms with Crippen LogP contribution >= 0.6 is 0 Å². The Balaban J connectivity index is 2.16. The van der Waals surface area contributed by atoms with E-state index in [9.17, 15) is 0 Å². The molecule has 3 aromatic carbocycles. The molecule has 0 spiro atoms. The number of nitrogens with zero attached hydrogens (tertiary/aromatic N) is 3. The van der Waals surface area contributed by atoms with Crippen molar-refractivity contribution in [2.45, 2.75) is 47.1 Å². The van der Waals surface area contributed by atoms with Gasteiger partial charge in [0.05, 0.1) is 27.3 Å². The number of aryl methyl sites for hydroxylation is 5. The van der Waals surface area contributed by atoms with Crippen LogP contribution in [-0.4, -0.2) is 4.40 Å². The summed E-state index contributed by atoms with van der Waals surface area (Å²) in [7, 11) is 2.15. The number of hydrogen-bond donors (Lipinski definition) is 0. The third-order valence-corrected chi connectivity index (χ3v) is 7.76. The monoisotopic (exact) mass is 430 g/mol. The summed E-state index contributed by atoms with van der Waals surface area (Å²) in [6.07, 6.45) is 2.17. The minimum absolute atomic E-state index is 0.617. The zero-order chi connectivity index (χ0) is 23.4. The molecule has 0 unspecified atom stereocenters. The summed E-state index contributed by atoms with van der Waals surface area (Å²) in [6, 6.07) is 13.4. The average molecular weight is 431 g/mol. The van der Waals surface area contributed by atoms with Gasteiger partial charge in [-0.25, -0.2) is 11.1 Å². The van der Waals surface area contributed by atoms with Crippen LogP contribution in [0.15, 0.2) is 42.6 Å². The highest BCUT2D eigenvalue weighted by atomic mass is 15.0. The third-order valence-electron chi connectivity index (χ3n) is 7.76. The van der Waals surface area contributed by atoms with E-state index in [-0.39, 0.29) is 0 Å². The fraction of sp³-hybridized carbons (Fsp3) is 0.267. The molecule has 0 aliphatic heterocycles. The van der Waals surface area contributed by atoms with Crippen LogP contribution in [0.2, 0.25) is 0 Å². The highest BCUT2D eigenvalue weighted by Gasteiger charge is 2.34. The second-order valence-corrected chi connectivity index (χ2v) is 10.2. The molecule has 0 radical (unpaired) electrons. The highest BCUT2D eigenvalue weighted by molar-refractivity contribution is 6.28. The number of rotatable bonds is 1. The molecule has 0 saturated heterocycles. The van der Waals surface area contributed by atoms with Crippen molar-refractivity contribution in [3.63, 3.8) is 0 Å². The Bertz CT molecular complexity index is 1840. The van der Waals surface area contributed by atoms with Gasteiger partial charge in [0.15, 0.2) is 6.20 Å². The minimum Gasteiger partial charge on any atom is -0.307 e. The van der Waals surface area contributed by atoms with Gasteiger partial charge < -0.3 is 9.25 Å². The van der Waals surface area contributed by atoms with Gasteiger partial charge in [-0.05, 0) is 61.4 Å². The molecular formula is C30H28N3+. The minimum atomic E-state index is -0.617. The summed E-state index contributed by atoms with van der Waals surface area (Å²) in [5, 5.41) is 6.27.